The lowest BCUT2D eigenvalue weighted by Crippen LogP contribution is -2.30. The maximum atomic E-state index is 2.37. The highest BCUT2D eigenvalue weighted by Gasteiger charge is 2.20. The zero-order chi connectivity index (χ0) is 10.4. The summed E-state index contributed by atoms with van der Waals surface area (Å²) in [6, 6.07) is 8.59. The summed E-state index contributed by atoms with van der Waals surface area (Å²) in [6.45, 7) is 5.38. The van der Waals surface area contributed by atoms with E-state index in [1.54, 1.807) is 0 Å². The molecular weight excluding hydrogens is 204 g/mol. The number of aryl methyl sites for hydroxylation is 2. The highest BCUT2D eigenvalue weighted by Crippen LogP contribution is 2.21. The number of hydrogen-bond acceptors (Lipinski definition) is 1. The van der Waals surface area contributed by atoms with E-state index in [0.29, 0.717) is 0 Å². The summed E-state index contributed by atoms with van der Waals surface area (Å²) in [5, 5.41) is 2.22. The fourth-order valence-corrected chi connectivity index (χ4v) is 3.25. The molecule has 0 aliphatic carbocycles. The van der Waals surface area contributed by atoms with Gasteiger partial charge in [-0.25, -0.2) is 4.57 Å². The van der Waals surface area contributed by atoms with E-state index in [4.69, 9.17) is 0 Å². The smallest absolute Gasteiger partial charge is 0.214 e. The van der Waals surface area contributed by atoms with Crippen LogP contribution in [0.3, 0.4) is 0 Å². The molecule has 0 spiro atoms. The second kappa shape index (κ2) is 3.07. The number of para-hydroxylation sites is 2. The fraction of sp³-hybridized carbons (Fsp3) is 0.250. The molecule has 3 heteroatoms. The Bertz CT molecular complexity index is 633. The standard InChI is InChI=1S/C12H13N2S/c1-3-13-10-6-4-5-7-11(10)14-9(2)8-15-12(13)14/h4-8H,3H2,1-2H3/q+1. The van der Waals surface area contributed by atoms with Gasteiger partial charge >= 0.3 is 4.96 Å². The fourth-order valence-electron chi connectivity index (χ4n) is 2.16. The molecule has 3 aromatic rings. The van der Waals surface area contributed by atoms with E-state index in [-0.39, 0.29) is 0 Å². The SMILES string of the molecule is CC[n+]1c2ccccc2n2c(C)csc21. The van der Waals surface area contributed by atoms with E-state index < -0.39 is 0 Å². The molecule has 0 bridgehead atoms. The van der Waals surface area contributed by atoms with E-state index in [1.807, 2.05) is 11.3 Å². The number of benzene rings is 1. The van der Waals surface area contributed by atoms with Crippen LogP contribution in [0.25, 0.3) is 16.0 Å². The maximum absolute atomic E-state index is 2.37. The molecule has 0 aliphatic rings. The van der Waals surface area contributed by atoms with Crippen LogP contribution in [0.1, 0.15) is 12.6 Å². The summed E-state index contributed by atoms with van der Waals surface area (Å²) in [5.41, 5.74) is 3.96. The van der Waals surface area contributed by atoms with Gasteiger partial charge in [0.2, 0.25) is 0 Å². The van der Waals surface area contributed by atoms with Crippen LogP contribution in [0.15, 0.2) is 29.6 Å². The predicted molar refractivity (Wildman–Crippen MR) is 63.4 cm³/mol. The van der Waals surface area contributed by atoms with Gasteiger partial charge in [0.15, 0.2) is 11.0 Å². The lowest BCUT2D eigenvalue weighted by Gasteiger charge is -1.89. The number of thiazole rings is 1. The lowest BCUT2D eigenvalue weighted by molar-refractivity contribution is -0.640. The summed E-state index contributed by atoms with van der Waals surface area (Å²) in [7, 11) is 0. The van der Waals surface area contributed by atoms with Crippen molar-refractivity contribution in [2.75, 3.05) is 0 Å². The minimum atomic E-state index is 1.02. The molecule has 0 unspecified atom stereocenters. The Morgan fingerprint density at radius 3 is 2.93 bits per heavy atom. The van der Waals surface area contributed by atoms with Crippen molar-refractivity contribution in [2.45, 2.75) is 20.4 Å². The molecule has 0 saturated heterocycles. The molecule has 76 valence electrons. The average molecular weight is 217 g/mol. The van der Waals surface area contributed by atoms with Gasteiger partial charge in [0, 0.05) is 5.38 Å². The van der Waals surface area contributed by atoms with Gasteiger partial charge in [-0.3, -0.25) is 0 Å². The minimum absolute atomic E-state index is 1.02. The van der Waals surface area contributed by atoms with E-state index in [9.17, 15) is 0 Å². The maximum Gasteiger partial charge on any atom is 0.346 e. The number of nitrogens with zero attached hydrogens (tertiary/aromatic N) is 2. The molecule has 0 aliphatic heterocycles. The Morgan fingerprint density at radius 2 is 2.13 bits per heavy atom. The van der Waals surface area contributed by atoms with E-state index in [2.05, 4.69) is 52.5 Å². The number of aromatic nitrogens is 2. The molecular formula is C12H13N2S+. The highest BCUT2D eigenvalue weighted by atomic mass is 32.1. The van der Waals surface area contributed by atoms with Crippen molar-refractivity contribution in [1.82, 2.24) is 4.40 Å². The van der Waals surface area contributed by atoms with E-state index in [0.717, 1.165) is 6.54 Å². The van der Waals surface area contributed by atoms with Gasteiger partial charge in [0.05, 0.1) is 6.54 Å². The van der Waals surface area contributed by atoms with Crippen LogP contribution < -0.4 is 4.57 Å². The van der Waals surface area contributed by atoms with Gasteiger partial charge in [-0.1, -0.05) is 23.5 Å². The number of hydrogen-bond donors (Lipinski definition) is 0. The lowest BCUT2D eigenvalue weighted by atomic mass is 10.3. The molecule has 3 rings (SSSR count). The largest absolute Gasteiger partial charge is 0.346 e. The first-order valence-electron chi connectivity index (χ1n) is 5.20. The molecule has 2 heterocycles. The second-order valence-electron chi connectivity index (χ2n) is 3.73. The van der Waals surface area contributed by atoms with Crippen LogP contribution in [0.2, 0.25) is 0 Å². The Morgan fingerprint density at radius 1 is 1.33 bits per heavy atom. The van der Waals surface area contributed by atoms with Crippen molar-refractivity contribution >= 4 is 27.3 Å². The molecule has 2 nitrogen and oxygen atoms in total. The number of rotatable bonds is 1. The van der Waals surface area contributed by atoms with Crippen molar-refractivity contribution in [3.8, 4) is 0 Å². The molecule has 0 N–H and O–H groups in total. The monoisotopic (exact) mass is 217 g/mol. The summed E-state index contributed by atoms with van der Waals surface area (Å²) in [6.07, 6.45) is 0. The topological polar surface area (TPSA) is 8.29 Å². The van der Waals surface area contributed by atoms with Crippen molar-refractivity contribution in [2.24, 2.45) is 0 Å². The first-order chi connectivity index (χ1) is 7.33. The zero-order valence-electron chi connectivity index (χ0n) is 8.90. The molecule has 0 amide bonds. The van der Waals surface area contributed by atoms with Crippen LogP contribution in [0.4, 0.5) is 0 Å². The number of imidazole rings is 1. The van der Waals surface area contributed by atoms with Gasteiger partial charge in [-0.05, 0) is 26.0 Å². The quantitative estimate of drug-likeness (QED) is 0.554. The Labute approximate surface area is 92.4 Å². The van der Waals surface area contributed by atoms with Crippen molar-refractivity contribution in [1.29, 1.82) is 0 Å². The van der Waals surface area contributed by atoms with E-state index >= 15 is 0 Å². The van der Waals surface area contributed by atoms with Gasteiger partial charge in [0.25, 0.3) is 0 Å². The molecule has 2 aromatic heterocycles. The molecule has 0 fully saturated rings. The van der Waals surface area contributed by atoms with Crippen LogP contribution in [-0.2, 0) is 6.54 Å². The minimum Gasteiger partial charge on any atom is -0.214 e. The van der Waals surface area contributed by atoms with Gasteiger partial charge < -0.3 is 0 Å². The van der Waals surface area contributed by atoms with Crippen molar-refractivity contribution in [3.05, 3.63) is 35.3 Å². The molecule has 15 heavy (non-hydrogen) atoms. The zero-order valence-corrected chi connectivity index (χ0v) is 9.71. The summed E-state index contributed by atoms with van der Waals surface area (Å²) in [5.74, 6) is 0. The number of fused-ring (bicyclic) bond motifs is 3. The van der Waals surface area contributed by atoms with Crippen LogP contribution in [0, 0.1) is 6.92 Å². The summed E-state index contributed by atoms with van der Waals surface area (Å²) < 4.78 is 4.70. The van der Waals surface area contributed by atoms with Gasteiger partial charge in [-0.2, -0.15) is 4.40 Å². The van der Waals surface area contributed by atoms with Crippen LogP contribution >= 0.6 is 11.3 Å². The second-order valence-corrected chi connectivity index (χ2v) is 4.56. The predicted octanol–water partition coefficient (Wildman–Crippen LogP) is 2.77. The average Bonchev–Trinajstić information content (AvgIpc) is 2.77. The van der Waals surface area contributed by atoms with Crippen LogP contribution in [-0.4, -0.2) is 4.40 Å². The molecule has 0 atom stereocenters. The van der Waals surface area contributed by atoms with E-state index in [1.165, 1.54) is 21.7 Å². The van der Waals surface area contributed by atoms with Crippen molar-refractivity contribution in [3.63, 3.8) is 0 Å². The third kappa shape index (κ3) is 1.07. The Hall–Kier alpha value is -1.35. The summed E-state index contributed by atoms with van der Waals surface area (Å²) >= 11 is 1.82. The Kier molecular flexibility index (Phi) is 1.83. The normalized spacial score (nSPS) is 11.6. The first-order valence-corrected chi connectivity index (χ1v) is 6.08. The first kappa shape index (κ1) is 8.92. The molecule has 0 saturated carbocycles. The molecule has 1 aromatic carbocycles. The third-order valence-corrected chi connectivity index (χ3v) is 3.91. The van der Waals surface area contributed by atoms with Gasteiger partial charge in [0.1, 0.15) is 5.69 Å². The van der Waals surface area contributed by atoms with Crippen molar-refractivity contribution < 1.29 is 4.57 Å². The Balaban J connectivity index is 2.63. The highest BCUT2D eigenvalue weighted by molar-refractivity contribution is 7.14. The summed E-state index contributed by atoms with van der Waals surface area (Å²) in [4.78, 5) is 1.33. The molecule has 0 radical (unpaired) electrons. The van der Waals surface area contributed by atoms with Crippen LogP contribution in [0.5, 0.6) is 0 Å². The third-order valence-electron chi connectivity index (χ3n) is 2.84. The van der Waals surface area contributed by atoms with Gasteiger partial charge in [-0.15, -0.1) is 0 Å².